The fourth-order valence-corrected chi connectivity index (χ4v) is 1.56. The van der Waals surface area contributed by atoms with E-state index in [9.17, 15) is 4.79 Å². The van der Waals surface area contributed by atoms with E-state index in [0.29, 0.717) is 13.1 Å². The highest BCUT2D eigenvalue weighted by atomic mass is 35.5. The number of rotatable bonds is 2. The lowest BCUT2D eigenvalue weighted by Crippen LogP contribution is -2.40. The van der Waals surface area contributed by atoms with Gasteiger partial charge in [-0.1, -0.05) is 5.11 Å². The van der Waals surface area contributed by atoms with Crippen LogP contribution in [0.5, 0.6) is 0 Å². The minimum Gasteiger partial charge on any atom is -0.342 e. The zero-order valence-electron chi connectivity index (χ0n) is 7.19. The Morgan fingerprint density at radius 2 is 2.23 bits per heavy atom. The molecule has 1 fully saturated rings. The number of hydrogen-bond acceptors (Lipinski definition) is 2. The van der Waals surface area contributed by atoms with Crippen molar-refractivity contribution in [3.05, 3.63) is 10.4 Å². The number of alkyl halides is 1. The van der Waals surface area contributed by atoms with Crippen molar-refractivity contribution in [3.63, 3.8) is 0 Å². The Balaban J connectivity index is 2.38. The zero-order chi connectivity index (χ0) is 9.68. The van der Waals surface area contributed by atoms with E-state index in [-0.39, 0.29) is 17.8 Å². The summed E-state index contributed by atoms with van der Waals surface area (Å²) in [5, 5.41) is 3.61. The molecule has 0 spiro atoms. The van der Waals surface area contributed by atoms with Gasteiger partial charge in [-0.15, -0.1) is 11.6 Å². The summed E-state index contributed by atoms with van der Waals surface area (Å²) in [5.74, 6) is -0.00678. The van der Waals surface area contributed by atoms with Crippen LogP contribution >= 0.6 is 11.6 Å². The van der Waals surface area contributed by atoms with Gasteiger partial charge in [0.25, 0.3) is 0 Å². The smallest absolute Gasteiger partial charge is 0.237 e. The summed E-state index contributed by atoms with van der Waals surface area (Å²) in [6.45, 7) is 1.30. The molecule has 0 unspecified atom stereocenters. The standard InChI is InChI=1S/C7H11ClN4O/c8-5-7(13)12-3-1-6(2-4-12)10-11-9/h6H,1-5H2. The number of amides is 1. The van der Waals surface area contributed by atoms with Gasteiger partial charge in [-0.05, 0) is 18.4 Å². The summed E-state index contributed by atoms with van der Waals surface area (Å²) < 4.78 is 0. The molecule has 1 heterocycles. The Hall–Kier alpha value is -0.930. The summed E-state index contributed by atoms with van der Waals surface area (Å²) >= 11 is 5.41. The van der Waals surface area contributed by atoms with Crippen LogP contribution in [0.15, 0.2) is 5.11 Å². The number of hydrogen-bond donors (Lipinski definition) is 0. The maximum atomic E-state index is 11.1. The van der Waals surface area contributed by atoms with E-state index in [4.69, 9.17) is 17.1 Å². The van der Waals surface area contributed by atoms with Crippen LogP contribution in [-0.4, -0.2) is 35.8 Å². The van der Waals surface area contributed by atoms with Crippen LogP contribution in [0.4, 0.5) is 0 Å². The molecule has 0 aliphatic carbocycles. The third-order valence-corrected chi connectivity index (χ3v) is 2.38. The molecule has 1 aliphatic rings. The van der Waals surface area contributed by atoms with Gasteiger partial charge in [0, 0.05) is 24.0 Å². The third-order valence-electron chi connectivity index (χ3n) is 2.15. The van der Waals surface area contributed by atoms with E-state index >= 15 is 0 Å². The van der Waals surface area contributed by atoms with Gasteiger partial charge in [0.1, 0.15) is 5.88 Å². The highest BCUT2D eigenvalue weighted by Gasteiger charge is 2.20. The lowest BCUT2D eigenvalue weighted by atomic mass is 10.1. The molecule has 0 aromatic rings. The maximum absolute atomic E-state index is 11.1. The molecule has 0 bridgehead atoms. The number of halogens is 1. The molecule has 5 nitrogen and oxygen atoms in total. The molecule has 0 radical (unpaired) electrons. The first-order valence-corrected chi connectivity index (χ1v) is 4.69. The summed E-state index contributed by atoms with van der Waals surface area (Å²) in [5.41, 5.74) is 8.20. The number of piperidine rings is 1. The van der Waals surface area contributed by atoms with Crippen LogP contribution in [0.3, 0.4) is 0 Å². The minimum absolute atomic E-state index is 0.0339. The number of azide groups is 1. The normalized spacial score (nSPS) is 18.1. The molecule has 0 N–H and O–H groups in total. The van der Waals surface area contributed by atoms with Crippen LogP contribution in [0.1, 0.15) is 12.8 Å². The molecule has 1 aliphatic heterocycles. The molecule has 0 aromatic heterocycles. The van der Waals surface area contributed by atoms with Crippen LogP contribution in [0, 0.1) is 0 Å². The Bertz CT molecular complexity index is 231. The van der Waals surface area contributed by atoms with Crippen molar-refractivity contribution >= 4 is 17.5 Å². The van der Waals surface area contributed by atoms with Crippen LogP contribution in [0.25, 0.3) is 10.4 Å². The molecule has 1 rings (SSSR count). The van der Waals surface area contributed by atoms with Gasteiger partial charge in [-0.25, -0.2) is 0 Å². The number of carbonyl (C=O) groups is 1. The molecule has 0 aromatic carbocycles. The molecular weight excluding hydrogens is 192 g/mol. The molecule has 1 saturated heterocycles. The molecular formula is C7H11ClN4O. The van der Waals surface area contributed by atoms with E-state index in [1.54, 1.807) is 4.90 Å². The topological polar surface area (TPSA) is 69.1 Å². The van der Waals surface area contributed by atoms with E-state index in [0.717, 1.165) is 12.8 Å². The van der Waals surface area contributed by atoms with Crippen molar-refractivity contribution in [3.8, 4) is 0 Å². The van der Waals surface area contributed by atoms with Crippen molar-refractivity contribution in [1.82, 2.24) is 4.90 Å². The maximum Gasteiger partial charge on any atom is 0.237 e. The SMILES string of the molecule is [N-]=[N+]=NC1CCN(C(=O)CCl)CC1. The Morgan fingerprint density at radius 3 is 2.69 bits per heavy atom. The largest absolute Gasteiger partial charge is 0.342 e. The number of likely N-dealkylation sites (tertiary alicyclic amines) is 1. The molecule has 13 heavy (non-hydrogen) atoms. The van der Waals surface area contributed by atoms with Gasteiger partial charge in [0.05, 0.1) is 0 Å². The van der Waals surface area contributed by atoms with E-state index < -0.39 is 0 Å². The van der Waals surface area contributed by atoms with Gasteiger partial charge in [-0.2, -0.15) is 0 Å². The Labute approximate surface area is 81.3 Å². The summed E-state index contributed by atoms with van der Waals surface area (Å²) in [6.07, 6.45) is 1.49. The van der Waals surface area contributed by atoms with E-state index in [1.807, 2.05) is 0 Å². The first kappa shape index (κ1) is 10.2. The summed E-state index contributed by atoms with van der Waals surface area (Å²) in [7, 11) is 0. The van der Waals surface area contributed by atoms with Crippen molar-refractivity contribution in [2.24, 2.45) is 5.11 Å². The van der Waals surface area contributed by atoms with Gasteiger partial charge in [0.15, 0.2) is 0 Å². The van der Waals surface area contributed by atoms with Crippen molar-refractivity contribution in [2.75, 3.05) is 19.0 Å². The van der Waals surface area contributed by atoms with E-state index in [2.05, 4.69) is 10.0 Å². The van der Waals surface area contributed by atoms with Crippen LogP contribution < -0.4 is 0 Å². The van der Waals surface area contributed by atoms with Crippen molar-refractivity contribution in [2.45, 2.75) is 18.9 Å². The second-order valence-corrected chi connectivity index (χ2v) is 3.22. The van der Waals surface area contributed by atoms with Gasteiger partial charge < -0.3 is 4.90 Å². The third kappa shape index (κ3) is 2.79. The van der Waals surface area contributed by atoms with Crippen LogP contribution in [-0.2, 0) is 4.79 Å². The highest BCUT2D eigenvalue weighted by Crippen LogP contribution is 2.13. The number of carbonyl (C=O) groups excluding carboxylic acids is 1. The highest BCUT2D eigenvalue weighted by molar-refractivity contribution is 6.27. The fourth-order valence-electron chi connectivity index (χ4n) is 1.39. The average Bonchev–Trinajstić information content (AvgIpc) is 2.18. The summed E-state index contributed by atoms with van der Waals surface area (Å²) in [6, 6.07) is 0.0457. The lowest BCUT2D eigenvalue weighted by molar-refractivity contribution is -0.129. The second-order valence-electron chi connectivity index (χ2n) is 2.95. The fraction of sp³-hybridized carbons (Fsp3) is 0.857. The minimum atomic E-state index is -0.0407. The first-order valence-electron chi connectivity index (χ1n) is 4.16. The van der Waals surface area contributed by atoms with Gasteiger partial charge >= 0.3 is 0 Å². The predicted molar refractivity (Wildman–Crippen MR) is 49.5 cm³/mol. The Kier molecular flexibility index (Phi) is 3.86. The quantitative estimate of drug-likeness (QED) is 0.290. The van der Waals surface area contributed by atoms with Gasteiger partial charge in [0.2, 0.25) is 5.91 Å². The molecule has 1 amide bonds. The number of nitrogens with zero attached hydrogens (tertiary/aromatic N) is 4. The average molecular weight is 203 g/mol. The monoisotopic (exact) mass is 202 g/mol. The molecule has 0 atom stereocenters. The molecule has 72 valence electrons. The first-order chi connectivity index (χ1) is 6.27. The Morgan fingerprint density at radius 1 is 1.62 bits per heavy atom. The molecule has 6 heteroatoms. The second kappa shape index (κ2) is 4.94. The predicted octanol–water partition coefficient (Wildman–Crippen LogP) is 1.53. The van der Waals surface area contributed by atoms with Gasteiger partial charge in [-0.3, -0.25) is 4.79 Å². The van der Waals surface area contributed by atoms with Crippen molar-refractivity contribution in [1.29, 1.82) is 0 Å². The zero-order valence-corrected chi connectivity index (χ0v) is 7.94. The summed E-state index contributed by atoms with van der Waals surface area (Å²) in [4.78, 5) is 15.6. The lowest BCUT2D eigenvalue weighted by Gasteiger charge is -2.29. The molecule has 0 saturated carbocycles. The van der Waals surface area contributed by atoms with E-state index in [1.165, 1.54) is 0 Å². The van der Waals surface area contributed by atoms with Crippen molar-refractivity contribution < 1.29 is 4.79 Å². The van der Waals surface area contributed by atoms with Crippen LogP contribution in [0.2, 0.25) is 0 Å².